The molecule has 0 fully saturated rings. The van der Waals surface area contributed by atoms with Gasteiger partial charge in [0.05, 0.1) is 5.56 Å². The van der Waals surface area contributed by atoms with Crippen LogP contribution in [-0.2, 0) is 9.53 Å². The summed E-state index contributed by atoms with van der Waals surface area (Å²) in [5.41, 5.74) is 1.03. The van der Waals surface area contributed by atoms with E-state index >= 15 is 0 Å². The van der Waals surface area contributed by atoms with Crippen LogP contribution in [0.25, 0.3) is 0 Å². The molecule has 2 aromatic rings. The van der Waals surface area contributed by atoms with Gasteiger partial charge in [0.2, 0.25) is 0 Å². The van der Waals surface area contributed by atoms with Crippen molar-refractivity contribution in [3.05, 3.63) is 63.0 Å². The molecule has 6 heteroatoms. The Bertz CT molecular complexity index is 656. The van der Waals surface area contributed by atoms with E-state index in [1.54, 1.807) is 36.4 Å². The molecule has 0 aliphatic heterocycles. The van der Waals surface area contributed by atoms with Gasteiger partial charge in [-0.15, -0.1) is 0 Å². The molecule has 1 amide bonds. The molecular formula is C15H11Br2NO3. The van der Waals surface area contributed by atoms with Gasteiger partial charge in [0.15, 0.2) is 6.61 Å². The second-order valence-corrected chi connectivity index (χ2v) is 5.97. The van der Waals surface area contributed by atoms with Crippen LogP contribution in [-0.4, -0.2) is 18.5 Å². The number of hydrogen-bond donors (Lipinski definition) is 1. The first kappa shape index (κ1) is 15.7. The van der Waals surface area contributed by atoms with Crippen molar-refractivity contribution in [3.8, 4) is 0 Å². The lowest BCUT2D eigenvalue weighted by atomic mass is 10.2. The minimum Gasteiger partial charge on any atom is -0.452 e. The van der Waals surface area contributed by atoms with Crippen molar-refractivity contribution in [1.29, 1.82) is 0 Å². The van der Waals surface area contributed by atoms with Crippen LogP contribution >= 0.6 is 31.9 Å². The number of carbonyl (C=O) groups excluding carboxylic acids is 2. The summed E-state index contributed by atoms with van der Waals surface area (Å²) in [4.78, 5) is 23.5. The van der Waals surface area contributed by atoms with Crippen molar-refractivity contribution in [2.24, 2.45) is 0 Å². The van der Waals surface area contributed by atoms with Gasteiger partial charge in [-0.3, -0.25) is 4.79 Å². The molecule has 0 aliphatic rings. The summed E-state index contributed by atoms with van der Waals surface area (Å²) in [5, 5.41) is 2.64. The fourth-order valence-electron chi connectivity index (χ4n) is 1.56. The van der Waals surface area contributed by atoms with Gasteiger partial charge in [-0.2, -0.15) is 0 Å². The maximum absolute atomic E-state index is 11.8. The summed E-state index contributed by atoms with van der Waals surface area (Å²) in [6.07, 6.45) is 0. The van der Waals surface area contributed by atoms with Crippen molar-refractivity contribution in [2.75, 3.05) is 11.9 Å². The third-order valence-corrected chi connectivity index (χ3v) is 3.54. The fourth-order valence-corrected chi connectivity index (χ4v) is 2.22. The van der Waals surface area contributed by atoms with Crippen LogP contribution in [0.15, 0.2) is 57.5 Å². The van der Waals surface area contributed by atoms with Crippen LogP contribution < -0.4 is 5.32 Å². The van der Waals surface area contributed by atoms with E-state index in [9.17, 15) is 9.59 Å². The third-order valence-electron chi connectivity index (χ3n) is 2.52. The highest BCUT2D eigenvalue weighted by Crippen LogP contribution is 2.14. The predicted molar refractivity (Wildman–Crippen MR) is 87.2 cm³/mol. The monoisotopic (exact) mass is 411 g/mol. The Kier molecular flexibility index (Phi) is 5.52. The van der Waals surface area contributed by atoms with E-state index < -0.39 is 5.97 Å². The molecule has 0 bridgehead atoms. The number of hydrogen-bond acceptors (Lipinski definition) is 3. The Balaban J connectivity index is 1.86. The van der Waals surface area contributed by atoms with E-state index in [1.807, 2.05) is 12.1 Å². The van der Waals surface area contributed by atoms with Gasteiger partial charge in [0.1, 0.15) is 0 Å². The predicted octanol–water partition coefficient (Wildman–Crippen LogP) is 4.01. The Hall–Kier alpha value is -1.66. The van der Waals surface area contributed by atoms with E-state index in [-0.39, 0.29) is 12.5 Å². The van der Waals surface area contributed by atoms with E-state index in [1.165, 1.54) is 0 Å². The highest BCUT2D eigenvalue weighted by atomic mass is 79.9. The molecule has 0 atom stereocenters. The summed E-state index contributed by atoms with van der Waals surface area (Å²) in [7, 11) is 0. The van der Waals surface area contributed by atoms with Gasteiger partial charge in [0, 0.05) is 14.6 Å². The second kappa shape index (κ2) is 7.38. The average molecular weight is 413 g/mol. The first-order chi connectivity index (χ1) is 10.0. The first-order valence-corrected chi connectivity index (χ1v) is 7.61. The summed E-state index contributed by atoms with van der Waals surface area (Å²) >= 11 is 6.58. The average Bonchev–Trinajstić information content (AvgIpc) is 2.47. The van der Waals surface area contributed by atoms with Crippen LogP contribution in [0.3, 0.4) is 0 Å². The van der Waals surface area contributed by atoms with Crippen LogP contribution in [0.2, 0.25) is 0 Å². The fraction of sp³-hybridized carbons (Fsp3) is 0.0667. The van der Waals surface area contributed by atoms with Gasteiger partial charge < -0.3 is 10.1 Å². The Morgan fingerprint density at radius 3 is 2.38 bits per heavy atom. The maximum atomic E-state index is 11.8. The van der Waals surface area contributed by atoms with Crippen LogP contribution in [0.5, 0.6) is 0 Å². The number of esters is 1. The van der Waals surface area contributed by atoms with E-state index in [0.29, 0.717) is 11.3 Å². The van der Waals surface area contributed by atoms with Crippen molar-refractivity contribution in [1.82, 2.24) is 0 Å². The lowest BCUT2D eigenvalue weighted by Gasteiger charge is -2.07. The minimum atomic E-state index is -0.540. The molecule has 2 rings (SSSR count). The van der Waals surface area contributed by atoms with E-state index in [0.717, 1.165) is 8.95 Å². The minimum absolute atomic E-state index is 0.332. The molecule has 1 N–H and O–H groups in total. The van der Waals surface area contributed by atoms with Gasteiger partial charge in [-0.1, -0.05) is 37.9 Å². The first-order valence-electron chi connectivity index (χ1n) is 6.03. The molecule has 2 aromatic carbocycles. The van der Waals surface area contributed by atoms with Crippen molar-refractivity contribution in [3.63, 3.8) is 0 Å². The number of carbonyl (C=O) groups is 2. The number of halogens is 2. The maximum Gasteiger partial charge on any atom is 0.338 e. The summed E-state index contributed by atoms with van der Waals surface area (Å²) in [6, 6.07) is 13.9. The zero-order valence-corrected chi connectivity index (χ0v) is 14.0. The number of nitrogens with one attached hydrogen (secondary N) is 1. The molecule has 0 aliphatic carbocycles. The molecule has 21 heavy (non-hydrogen) atoms. The number of anilines is 1. The smallest absolute Gasteiger partial charge is 0.338 e. The Morgan fingerprint density at radius 2 is 1.71 bits per heavy atom. The molecule has 0 aromatic heterocycles. The highest BCUT2D eigenvalue weighted by molar-refractivity contribution is 9.10. The van der Waals surface area contributed by atoms with E-state index in [4.69, 9.17) is 4.74 Å². The lowest BCUT2D eigenvalue weighted by Crippen LogP contribution is -2.20. The molecule has 0 saturated heterocycles. The number of ether oxygens (including phenoxy) is 1. The van der Waals surface area contributed by atoms with Gasteiger partial charge in [0.25, 0.3) is 5.91 Å². The Labute approximate surface area is 138 Å². The summed E-state index contributed by atoms with van der Waals surface area (Å²) < 4.78 is 6.65. The van der Waals surface area contributed by atoms with Crippen LogP contribution in [0, 0.1) is 0 Å². The molecule has 4 nitrogen and oxygen atoms in total. The molecular weight excluding hydrogens is 402 g/mol. The molecule has 108 valence electrons. The van der Waals surface area contributed by atoms with Gasteiger partial charge >= 0.3 is 5.97 Å². The summed E-state index contributed by atoms with van der Waals surface area (Å²) in [6.45, 7) is -0.332. The second-order valence-electron chi connectivity index (χ2n) is 4.14. The largest absolute Gasteiger partial charge is 0.452 e. The quantitative estimate of drug-likeness (QED) is 0.772. The lowest BCUT2D eigenvalue weighted by molar-refractivity contribution is -0.119. The third kappa shape index (κ3) is 4.99. The molecule has 0 saturated carbocycles. The normalized spacial score (nSPS) is 10.0. The number of rotatable bonds is 4. The molecule has 0 spiro atoms. The molecule has 0 radical (unpaired) electrons. The standard InChI is InChI=1S/C15H11Br2NO3/c16-11-4-6-13(7-5-11)18-14(19)9-21-15(20)10-2-1-3-12(17)8-10/h1-8H,9H2,(H,18,19). The van der Waals surface area contributed by atoms with Gasteiger partial charge in [-0.25, -0.2) is 4.79 Å². The molecule has 0 heterocycles. The molecule has 0 unspecified atom stereocenters. The van der Waals surface area contributed by atoms with Crippen LogP contribution in [0.4, 0.5) is 5.69 Å². The zero-order chi connectivity index (χ0) is 15.2. The zero-order valence-electron chi connectivity index (χ0n) is 10.8. The number of amides is 1. The van der Waals surface area contributed by atoms with Crippen molar-refractivity contribution >= 4 is 49.4 Å². The van der Waals surface area contributed by atoms with Crippen molar-refractivity contribution < 1.29 is 14.3 Å². The van der Waals surface area contributed by atoms with Crippen molar-refractivity contribution in [2.45, 2.75) is 0 Å². The van der Waals surface area contributed by atoms with E-state index in [2.05, 4.69) is 37.2 Å². The van der Waals surface area contributed by atoms with Gasteiger partial charge in [-0.05, 0) is 42.5 Å². The highest BCUT2D eigenvalue weighted by Gasteiger charge is 2.10. The topological polar surface area (TPSA) is 55.4 Å². The van der Waals surface area contributed by atoms with Crippen LogP contribution in [0.1, 0.15) is 10.4 Å². The Morgan fingerprint density at radius 1 is 1.00 bits per heavy atom. The number of benzene rings is 2. The summed E-state index contributed by atoms with van der Waals surface area (Å²) in [5.74, 6) is -0.928. The SMILES string of the molecule is O=C(COC(=O)c1cccc(Br)c1)Nc1ccc(Br)cc1.